The highest BCUT2D eigenvalue weighted by Gasteiger charge is 2.46. The van der Waals surface area contributed by atoms with Crippen molar-refractivity contribution in [2.75, 3.05) is 24.6 Å². The number of fused-ring (bicyclic) bond motifs is 1. The number of ether oxygens (including phenoxy) is 2. The Morgan fingerprint density at radius 1 is 1.09 bits per heavy atom. The minimum absolute atomic E-state index is 0.0821. The summed E-state index contributed by atoms with van der Waals surface area (Å²) in [5, 5.41) is 9.39. The number of carbonyl (C=O) groups excluding carboxylic acids is 2. The number of amides is 2. The van der Waals surface area contributed by atoms with Gasteiger partial charge in [0.25, 0.3) is 11.8 Å². The first-order valence-corrected chi connectivity index (χ1v) is 14.6. The summed E-state index contributed by atoms with van der Waals surface area (Å²) in [4.78, 5) is 44.8. The summed E-state index contributed by atoms with van der Waals surface area (Å²) in [6.07, 6.45) is -3.54. The molecule has 2 amide bonds. The molecule has 3 heterocycles. The Hall–Kier alpha value is -4.68. The topological polar surface area (TPSA) is 109 Å². The van der Waals surface area contributed by atoms with Gasteiger partial charge < -0.3 is 24.4 Å². The number of likely N-dealkylation sites (tertiary alicyclic amines) is 1. The molecule has 0 atom stereocenters. The van der Waals surface area contributed by atoms with E-state index in [-0.39, 0.29) is 49.7 Å². The summed E-state index contributed by atoms with van der Waals surface area (Å²) in [6.45, 7) is 6.23. The zero-order valence-corrected chi connectivity index (χ0v) is 25.7. The van der Waals surface area contributed by atoms with Gasteiger partial charge >= 0.3 is 12.1 Å². The molecule has 0 saturated carbocycles. The largest absolute Gasteiger partial charge is 0.492 e. The van der Waals surface area contributed by atoms with Crippen LogP contribution in [0, 0.1) is 11.2 Å². The number of halogens is 4. The van der Waals surface area contributed by atoms with E-state index in [1.165, 1.54) is 49.6 Å². The molecular formula is C33H33F4N3O6. The van der Waals surface area contributed by atoms with E-state index in [9.17, 15) is 32.7 Å². The second-order valence-electron chi connectivity index (χ2n) is 12.5. The van der Waals surface area contributed by atoms with Crippen molar-refractivity contribution < 1.29 is 46.5 Å². The molecule has 0 radical (unpaired) electrons. The van der Waals surface area contributed by atoms with Gasteiger partial charge in [-0.15, -0.1) is 0 Å². The van der Waals surface area contributed by atoms with Gasteiger partial charge in [0.1, 0.15) is 23.9 Å². The minimum atomic E-state index is -4.68. The predicted octanol–water partition coefficient (Wildman–Crippen LogP) is 6.20. The Morgan fingerprint density at radius 2 is 1.76 bits per heavy atom. The fourth-order valence-electron chi connectivity index (χ4n) is 5.40. The molecule has 0 spiro atoms. The van der Waals surface area contributed by atoms with Gasteiger partial charge in [0.05, 0.1) is 16.5 Å². The van der Waals surface area contributed by atoms with Crippen LogP contribution in [0.5, 0.6) is 11.6 Å². The first kappa shape index (κ1) is 32.7. The summed E-state index contributed by atoms with van der Waals surface area (Å²) < 4.78 is 67.2. The number of alkyl halides is 3. The Labute approximate surface area is 262 Å². The van der Waals surface area contributed by atoms with Crippen LogP contribution in [0.3, 0.4) is 0 Å². The molecule has 1 saturated heterocycles. The summed E-state index contributed by atoms with van der Waals surface area (Å²) in [6, 6.07) is 11.2. The summed E-state index contributed by atoms with van der Waals surface area (Å²) >= 11 is 0. The lowest BCUT2D eigenvalue weighted by atomic mass is 9.95. The number of carboxylic acid groups (broad SMARTS) is 1. The maximum absolute atomic E-state index is 15.4. The lowest BCUT2D eigenvalue weighted by Gasteiger charge is -2.44. The van der Waals surface area contributed by atoms with Crippen LogP contribution >= 0.6 is 0 Å². The molecular weight excluding hydrogens is 610 g/mol. The molecule has 0 aliphatic carbocycles. The highest BCUT2D eigenvalue weighted by molar-refractivity contribution is 6.02. The van der Waals surface area contributed by atoms with Crippen molar-refractivity contribution in [3.8, 4) is 22.8 Å². The quantitative estimate of drug-likeness (QED) is 0.305. The van der Waals surface area contributed by atoms with Crippen LogP contribution in [0.1, 0.15) is 56.5 Å². The summed E-state index contributed by atoms with van der Waals surface area (Å²) in [5.74, 6) is -2.61. The third-order valence-corrected chi connectivity index (χ3v) is 8.19. The normalized spacial score (nSPS) is 16.9. The van der Waals surface area contributed by atoms with Gasteiger partial charge in [-0.3, -0.25) is 14.4 Å². The number of pyridine rings is 1. The van der Waals surface area contributed by atoms with Gasteiger partial charge in [0.15, 0.2) is 5.60 Å². The Morgan fingerprint density at radius 3 is 2.39 bits per heavy atom. The van der Waals surface area contributed by atoms with Crippen LogP contribution in [0.4, 0.5) is 23.2 Å². The molecule has 5 rings (SSSR count). The number of nitrogens with zero attached hydrogens (tertiary/aromatic N) is 3. The first-order chi connectivity index (χ1) is 21.5. The minimum Gasteiger partial charge on any atom is -0.492 e. The van der Waals surface area contributed by atoms with Crippen molar-refractivity contribution in [3.63, 3.8) is 0 Å². The Kier molecular flexibility index (Phi) is 8.47. The van der Waals surface area contributed by atoms with Crippen LogP contribution in [0.2, 0.25) is 0 Å². The Balaban J connectivity index is 1.32. The SMILES string of the molecule is CC(C)(COc1ccccc1-c1ccc(C(=O)N2CCC(N3C(=O)C(C)(C)Oc4ncc(C(F)(F)F)cc43)CC2)c(F)c1)C(=O)O. The van der Waals surface area contributed by atoms with E-state index < -0.39 is 52.4 Å². The molecule has 2 aliphatic heterocycles. The third-order valence-electron chi connectivity index (χ3n) is 8.19. The molecule has 13 heteroatoms. The maximum Gasteiger partial charge on any atom is 0.417 e. The average molecular weight is 644 g/mol. The zero-order valence-electron chi connectivity index (χ0n) is 25.7. The van der Waals surface area contributed by atoms with Gasteiger partial charge in [-0.25, -0.2) is 9.37 Å². The van der Waals surface area contributed by atoms with Crippen molar-refractivity contribution in [1.82, 2.24) is 9.88 Å². The number of aliphatic carboxylic acids is 1. The maximum atomic E-state index is 15.4. The number of hydrogen-bond acceptors (Lipinski definition) is 6. The molecule has 1 fully saturated rings. The van der Waals surface area contributed by atoms with E-state index in [4.69, 9.17) is 9.47 Å². The van der Waals surface area contributed by atoms with Crippen LogP contribution in [-0.2, 0) is 15.8 Å². The van der Waals surface area contributed by atoms with Crippen molar-refractivity contribution in [2.45, 2.75) is 58.4 Å². The number of piperidine rings is 1. The summed E-state index contributed by atoms with van der Waals surface area (Å²) in [7, 11) is 0. The van der Waals surface area contributed by atoms with E-state index >= 15 is 4.39 Å². The lowest BCUT2D eigenvalue weighted by molar-refractivity contribution is -0.148. The van der Waals surface area contributed by atoms with E-state index in [2.05, 4.69) is 4.98 Å². The second-order valence-corrected chi connectivity index (χ2v) is 12.5. The number of para-hydroxylation sites is 1. The number of aromatic nitrogens is 1. The molecule has 244 valence electrons. The number of anilines is 1. The van der Waals surface area contributed by atoms with E-state index in [1.807, 2.05) is 0 Å². The van der Waals surface area contributed by atoms with E-state index in [1.54, 1.807) is 30.3 Å². The second kappa shape index (κ2) is 11.9. The van der Waals surface area contributed by atoms with E-state index in [0.717, 1.165) is 6.07 Å². The molecule has 1 aromatic heterocycles. The van der Waals surface area contributed by atoms with Gasteiger partial charge in [-0.05, 0) is 70.4 Å². The number of rotatable bonds is 7. The summed E-state index contributed by atoms with van der Waals surface area (Å²) in [5.41, 5.74) is -2.84. The number of carboxylic acids is 1. The van der Waals surface area contributed by atoms with Crippen LogP contribution in [0.15, 0.2) is 54.7 Å². The van der Waals surface area contributed by atoms with Crippen molar-refractivity contribution in [1.29, 1.82) is 0 Å². The lowest BCUT2D eigenvalue weighted by Crippen LogP contribution is -2.58. The monoisotopic (exact) mass is 643 g/mol. The number of carbonyl (C=O) groups is 3. The van der Waals surface area contributed by atoms with Gasteiger partial charge in [0, 0.05) is 30.9 Å². The zero-order chi connectivity index (χ0) is 33.6. The molecule has 3 aromatic rings. The fraction of sp³-hybridized carbons (Fsp3) is 0.394. The van der Waals surface area contributed by atoms with Crippen molar-refractivity contribution >= 4 is 23.5 Å². The van der Waals surface area contributed by atoms with Crippen molar-refractivity contribution in [2.24, 2.45) is 5.41 Å². The average Bonchev–Trinajstić information content (AvgIpc) is 3.00. The molecule has 0 bridgehead atoms. The molecule has 2 aromatic carbocycles. The van der Waals surface area contributed by atoms with Crippen molar-refractivity contribution in [3.05, 3.63) is 71.7 Å². The molecule has 1 N–H and O–H groups in total. The first-order valence-electron chi connectivity index (χ1n) is 14.6. The molecule has 9 nitrogen and oxygen atoms in total. The molecule has 0 unspecified atom stereocenters. The van der Waals surface area contributed by atoms with Gasteiger partial charge in [-0.2, -0.15) is 13.2 Å². The highest BCUT2D eigenvalue weighted by atomic mass is 19.4. The number of benzene rings is 2. The molecule has 46 heavy (non-hydrogen) atoms. The van der Waals surface area contributed by atoms with Crippen LogP contribution in [-0.4, -0.2) is 64.1 Å². The van der Waals surface area contributed by atoms with Gasteiger partial charge in [-0.1, -0.05) is 24.3 Å². The van der Waals surface area contributed by atoms with Gasteiger partial charge in [0.2, 0.25) is 5.88 Å². The third kappa shape index (κ3) is 6.35. The highest BCUT2D eigenvalue weighted by Crippen LogP contribution is 2.42. The fourth-order valence-corrected chi connectivity index (χ4v) is 5.40. The van der Waals surface area contributed by atoms with E-state index in [0.29, 0.717) is 23.1 Å². The Bertz CT molecular complexity index is 1680. The standard InChI is InChI=1S/C33H33F4N3O6/c1-31(2,30(43)44)18-45-26-8-6-5-7-22(26)19-9-10-23(24(34)15-19)28(41)39-13-11-21(12-14-39)40-25-16-20(33(35,36)37)17-38-27(25)46-32(3,4)29(40)42/h5-10,15-17,21H,11-14,18H2,1-4H3,(H,43,44). The molecule has 2 aliphatic rings. The smallest absolute Gasteiger partial charge is 0.417 e. The van der Waals surface area contributed by atoms with Crippen LogP contribution < -0.4 is 14.4 Å². The number of hydrogen-bond donors (Lipinski definition) is 1. The van der Waals surface area contributed by atoms with Crippen LogP contribution in [0.25, 0.3) is 11.1 Å². The predicted molar refractivity (Wildman–Crippen MR) is 159 cm³/mol.